The van der Waals surface area contributed by atoms with Crippen LogP contribution in [0, 0.1) is 23.7 Å². The molecule has 0 unspecified atom stereocenters. The first-order chi connectivity index (χ1) is 16.0. The van der Waals surface area contributed by atoms with E-state index in [1.807, 2.05) is 0 Å². The summed E-state index contributed by atoms with van der Waals surface area (Å²) < 4.78 is 7.28. The van der Waals surface area contributed by atoms with Crippen LogP contribution in [-0.4, -0.2) is 77.7 Å². The minimum Gasteiger partial charge on any atom is -0.396 e. The second-order valence-corrected chi connectivity index (χ2v) is 8.67. The van der Waals surface area contributed by atoms with E-state index in [2.05, 4.69) is 26.8 Å². The minimum absolute atomic E-state index is 0.152. The van der Waals surface area contributed by atoms with Crippen LogP contribution in [0.5, 0.6) is 0 Å². The van der Waals surface area contributed by atoms with Gasteiger partial charge < -0.3 is 30.7 Å². The van der Waals surface area contributed by atoms with Crippen LogP contribution in [0.15, 0.2) is 6.33 Å². The van der Waals surface area contributed by atoms with Crippen LogP contribution in [0.4, 0.5) is 5.82 Å². The highest BCUT2D eigenvalue weighted by atomic mass is 16.6. The minimum atomic E-state index is -1.30. The number of carbonyl (C=O) groups is 1. The lowest BCUT2D eigenvalue weighted by molar-refractivity contribution is -0.141. The van der Waals surface area contributed by atoms with Crippen molar-refractivity contribution < 1.29 is 24.9 Å². The molecule has 1 saturated heterocycles. The fourth-order valence-electron chi connectivity index (χ4n) is 4.53. The number of carbonyl (C=O) groups excluding carboxylic acids is 1. The molecule has 1 saturated carbocycles. The third kappa shape index (κ3) is 4.65. The Labute approximate surface area is 191 Å². The van der Waals surface area contributed by atoms with Crippen LogP contribution in [0.2, 0.25) is 0 Å². The average Bonchev–Trinajstić information content (AvgIpc) is 3.37. The Morgan fingerprint density at radius 3 is 2.64 bits per heavy atom. The van der Waals surface area contributed by atoms with Crippen molar-refractivity contribution in [1.82, 2.24) is 24.4 Å². The van der Waals surface area contributed by atoms with E-state index in [0.717, 1.165) is 32.1 Å². The molecular weight excluding hydrogens is 428 g/mol. The highest BCUT2D eigenvalue weighted by Crippen LogP contribution is 2.33. The lowest BCUT2D eigenvalue weighted by atomic mass is 9.81. The second kappa shape index (κ2) is 10.0. The molecule has 2 aromatic rings. The molecule has 1 amide bonds. The Morgan fingerprint density at radius 2 is 1.97 bits per heavy atom. The molecular formula is C22H30N6O5. The maximum absolute atomic E-state index is 11.3. The fourth-order valence-corrected chi connectivity index (χ4v) is 4.53. The number of nitrogen functional groups attached to an aromatic ring is 1. The SMILES string of the molecule is CCN(C=O)[C@H]1O[C@@H](n2cnc3c(N)nc(C#CCC4CCC(CO)CC4)nc32)[C@H](O)[C@@H]1O. The summed E-state index contributed by atoms with van der Waals surface area (Å²) in [5, 5.41) is 30.3. The number of anilines is 1. The number of fused-ring (bicyclic) bond motifs is 1. The van der Waals surface area contributed by atoms with Crippen molar-refractivity contribution in [3.63, 3.8) is 0 Å². The molecule has 0 radical (unpaired) electrons. The Morgan fingerprint density at radius 1 is 1.24 bits per heavy atom. The van der Waals surface area contributed by atoms with Crippen molar-refractivity contribution in [2.24, 2.45) is 11.8 Å². The molecule has 0 aromatic carbocycles. The van der Waals surface area contributed by atoms with Gasteiger partial charge in [-0.3, -0.25) is 9.36 Å². The molecule has 2 aliphatic rings. The van der Waals surface area contributed by atoms with Crippen molar-refractivity contribution in [2.45, 2.75) is 63.7 Å². The molecule has 2 aromatic heterocycles. The van der Waals surface area contributed by atoms with Crippen LogP contribution in [0.3, 0.4) is 0 Å². The van der Waals surface area contributed by atoms with Gasteiger partial charge in [0.1, 0.15) is 17.7 Å². The van der Waals surface area contributed by atoms with E-state index in [1.54, 1.807) is 6.92 Å². The smallest absolute Gasteiger partial charge is 0.211 e. The van der Waals surface area contributed by atoms with Crippen LogP contribution in [-0.2, 0) is 9.53 Å². The number of likely N-dealkylation sites (N-methyl/N-ethyl adjacent to an activating group) is 1. The van der Waals surface area contributed by atoms with E-state index < -0.39 is 24.7 Å². The van der Waals surface area contributed by atoms with Crippen molar-refractivity contribution in [3.8, 4) is 11.8 Å². The number of ether oxygens (including phenoxy) is 1. The zero-order chi connectivity index (χ0) is 23.5. The predicted molar refractivity (Wildman–Crippen MR) is 118 cm³/mol. The monoisotopic (exact) mass is 458 g/mol. The Bertz CT molecular complexity index is 1040. The normalized spacial score (nSPS) is 29.6. The van der Waals surface area contributed by atoms with Crippen molar-refractivity contribution in [2.75, 3.05) is 18.9 Å². The molecule has 11 nitrogen and oxygen atoms in total. The van der Waals surface area contributed by atoms with Crippen LogP contribution in [0.25, 0.3) is 11.2 Å². The van der Waals surface area contributed by atoms with Gasteiger partial charge in [-0.05, 0) is 50.4 Å². The van der Waals surface area contributed by atoms with Gasteiger partial charge in [-0.25, -0.2) is 15.0 Å². The summed E-state index contributed by atoms with van der Waals surface area (Å²) in [6.45, 7) is 2.31. The first kappa shape index (κ1) is 23.4. The lowest BCUT2D eigenvalue weighted by Crippen LogP contribution is -2.43. The maximum Gasteiger partial charge on any atom is 0.211 e. The lowest BCUT2D eigenvalue weighted by Gasteiger charge is -2.25. The largest absolute Gasteiger partial charge is 0.396 e. The number of hydrogen-bond donors (Lipinski definition) is 4. The number of aromatic nitrogens is 4. The molecule has 1 aliphatic carbocycles. The molecule has 11 heteroatoms. The van der Waals surface area contributed by atoms with E-state index >= 15 is 0 Å². The summed E-state index contributed by atoms with van der Waals surface area (Å²) in [6, 6.07) is 0. The number of nitrogens with two attached hydrogens (primary N) is 1. The number of aliphatic hydroxyl groups is 3. The summed E-state index contributed by atoms with van der Waals surface area (Å²) in [5.74, 6) is 7.40. The second-order valence-electron chi connectivity index (χ2n) is 8.67. The quantitative estimate of drug-likeness (QED) is 0.345. The number of aliphatic hydroxyl groups excluding tert-OH is 3. The number of nitrogens with zero attached hydrogens (tertiary/aromatic N) is 5. The average molecular weight is 459 g/mol. The van der Waals surface area contributed by atoms with Gasteiger partial charge in [0.2, 0.25) is 12.2 Å². The van der Waals surface area contributed by atoms with E-state index in [0.29, 0.717) is 36.0 Å². The van der Waals surface area contributed by atoms with Crippen molar-refractivity contribution in [3.05, 3.63) is 12.2 Å². The van der Waals surface area contributed by atoms with Gasteiger partial charge in [0.05, 0.1) is 6.33 Å². The highest BCUT2D eigenvalue weighted by molar-refractivity contribution is 5.82. The first-order valence-electron chi connectivity index (χ1n) is 11.3. The predicted octanol–water partition coefficient (Wildman–Crippen LogP) is 0.00380. The summed E-state index contributed by atoms with van der Waals surface area (Å²) in [6.07, 6.45) is 2.22. The molecule has 4 atom stereocenters. The number of rotatable bonds is 6. The van der Waals surface area contributed by atoms with Crippen LogP contribution >= 0.6 is 0 Å². The van der Waals surface area contributed by atoms with E-state index in [9.17, 15) is 20.1 Å². The van der Waals surface area contributed by atoms with Gasteiger partial charge in [0, 0.05) is 19.6 Å². The summed E-state index contributed by atoms with van der Waals surface area (Å²) in [5.41, 5.74) is 6.72. The third-order valence-electron chi connectivity index (χ3n) is 6.58. The van der Waals surface area contributed by atoms with Crippen molar-refractivity contribution >= 4 is 23.4 Å². The van der Waals surface area contributed by atoms with Crippen LogP contribution in [0.1, 0.15) is 51.1 Å². The zero-order valence-electron chi connectivity index (χ0n) is 18.5. The topological polar surface area (TPSA) is 160 Å². The number of amides is 1. The molecule has 4 rings (SSSR count). The van der Waals surface area contributed by atoms with Crippen LogP contribution < -0.4 is 5.73 Å². The van der Waals surface area contributed by atoms with Gasteiger partial charge in [-0.15, -0.1) is 0 Å². The van der Waals surface area contributed by atoms with Gasteiger partial charge in [-0.2, -0.15) is 0 Å². The van der Waals surface area contributed by atoms with Gasteiger partial charge in [-0.1, -0.05) is 5.92 Å². The fraction of sp³-hybridized carbons (Fsp3) is 0.636. The summed E-state index contributed by atoms with van der Waals surface area (Å²) in [7, 11) is 0. The molecule has 5 N–H and O–H groups in total. The number of hydrogen-bond acceptors (Lipinski definition) is 9. The Hall–Kier alpha value is -2.78. The number of imidazole rings is 1. The molecule has 1 aliphatic heterocycles. The Kier molecular flexibility index (Phi) is 7.09. The van der Waals surface area contributed by atoms with Crippen molar-refractivity contribution in [1.29, 1.82) is 0 Å². The zero-order valence-corrected chi connectivity index (χ0v) is 18.5. The standard InChI is InChI=1S/C22H30N6O5/c1-2-27(12-30)21-17(31)18(32)22(33-21)28-11-24-16-19(23)25-15(26-20(16)28)5-3-4-13-6-8-14(10-29)9-7-13/h11-14,17-18,21-22,29,31-32H,2,4,6-10H2,1H3,(H2,23,25,26)/t13?,14?,17-,18+,21-,22+/m0/s1. The van der Waals surface area contributed by atoms with Gasteiger partial charge >= 0.3 is 0 Å². The summed E-state index contributed by atoms with van der Waals surface area (Å²) in [4.78, 5) is 25.5. The van der Waals surface area contributed by atoms with Gasteiger partial charge in [0.25, 0.3) is 0 Å². The Balaban J connectivity index is 1.54. The first-order valence-corrected chi connectivity index (χ1v) is 11.3. The molecule has 2 fully saturated rings. The van der Waals surface area contributed by atoms with E-state index in [4.69, 9.17) is 10.5 Å². The maximum atomic E-state index is 11.3. The van der Waals surface area contributed by atoms with E-state index in [1.165, 1.54) is 15.8 Å². The summed E-state index contributed by atoms with van der Waals surface area (Å²) >= 11 is 0. The third-order valence-corrected chi connectivity index (χ3v) is 6.58. The highest BCUT2D eigenvalue weighted by Gasteiger charge is 2.46. The van der Waals surface area contributed by atoms with Gasteiger partial charge in [0.15, 0.2) is 23.9 Å². The molecule has 178 valence electrons. The van der Waals surface area contributed by atoms with E-state index in [-0.39, 0.29) is 18.2 Å². The molecule has 0 bridgehead atoms. The molecule has 3 heterocycles. The molecule has 0 spiro atoms. The molecule has 33 heavy (non-hydrogen) atoms.